The fourth-order valence-corrected chi connectivity index (χ4v) is 3.57. The number of benzene rings is 1. The van der Waals surface area contributed by atoms with E-state index in [1.807, 2.05) is 0 Å². The first-order valence-corrected chi connectivity index (χ1v) is 6.95. The van der Waals surface area contributed by atoms with Crippen LogP contribution in [0.5, 0.6) is 5.75 Å². The largest absolute Gasteiger partial charge is 0.509 e. The molecular weight excluding hydrogens is 252 g/mol. The van der Waals surface area contributed by atoms with Crippen LogP contribution in [0.15, 0.2) is 24.3 Å². The molecule has 2 bridgehead atoms. The van der Waals surface area contributed by atoms with Gasteiger partial charge in [0.05, 0.1) is 6.61 Å². The molecule has 5 heteroatoms. The maximum atomic E-state index is 12.5. The molecule has 0 aromatic heterocycles. The van der Waals surface area contributed by atoms with Crippen LogP contribution >= 0.6 is 0 Å². The van der Waals surface area contributed by atoms with Gasteiger partial charge in [0.25, 0.3) is 0 Å². The molecule has 2 aliphatic carbocycles. The second-order valence-corrected chi connectivity index (χ2v) is 5.89. The zero-order valence-electron chi connectivity index (χ0n) is 10.7. The summed E-state index contributed by atoms with van der Waals surface area (Å²) in [5.74, 6) is 2.80. The number of fused-ring (bicyclic) bond motifs is 2. The van der Waals surface area contributed by atoms with Crippen LogP contribution in [-0.2, 0) is 0 Å². The molecule has 0 N–H and O–H groups in total. The number of rotatable bonds is 4. The second-order valence-electron chi connectivity index (χ2n) is 5.89. The molecule has 3 unspecified atom stereocenters. The molecule has 104 valence electrons. The molecular formula is C14H17BF3O-. The third kappa shape index (κ3) is 2.75. The maximum absolute atomic E-state index is 12.5. The van der Waals surface area contributed by atoms with Crippen LogP contribution in [0.3, 0.4) is 0 Å². The summed E-state index contributed by atoms with van der Waals surface area (Å²) >= 11 is 0. The first kappa shape index (κ1) is 12.9. The minimum absolute atomic E-state index is 0.548. The van der Waals surface area contributed by atoms with E-state index in [2.05, 4.69) is 0 Å². The summed E-state index contributed by atoms with van der Waals surface area (Å²) in [6, 6.07) is 5.07. The van der Waals surface area contributed by atoms with Crippen molar-refractivity contribution in [3.05, 3.63) is 24.3 Å². The average molecular weight is 269 g/mol. The highest BCUT2D eigenvalue weighted by molar-refractivity contribution is 6.73. The molecule has 0 aliphatic heterocycles. The second kappa shape index (κ2) is 4.76. The highest BCUT2D eigenvalue weighted by Gasteiger charge is 2.39. The zero-order valence-corrected chi connectivity index (χ0v) is 10.7. The zero-order chi connectivity index (χ0) is 13.5. The molecule has 19 heavy (non-hydrogen) atoms. The van der Waals surface area contributed by atoms with E-state index >= 15 is 0 Å². The first-order chi connectivity index (χ1) is 9.02. The van der Waals surface area contributed by atoms with Gasteiger partial charge in [-0.15, -0.1) is 5.46 Å². The van der Waals surface area contributed by atoms with Gasteiger partial charge in [-0.3, -0.25) is 0 Å². The normalized spacial score (nSPS) is 29.7. The van der Waals surface area contributed by atoms with Crippen LogP contribution in [0, 0.1) is 17.8 Å². The fraction of sp³-hybridized carbons (Fsp3) is 0.571. The molecule has 1 aromatic rings. The van der Waals surface area contributed by atoms with Crippen molar-refractivity contribution in [3.8, 4) is 5.75 Å². The summed E-state index contributed by atoms with van der Waals surface area (Å²) in [5, 5.41) is 0. The van der Waals surface area contributed by atoms with E-state index in [0.29, 0.717) is 18.3 Å². The summed E-state index contributed by atoms with van der Waals surface area (Å²) in [4.78, 5) is 0. The van der Waals surface area contributed by atoms with E-state index < -0.39 is 12.4 Å². The Balaban J connectivity index is 1.56. The number of hydrogen-bond donors (Lipinski definition) is 0. The van der Waals surface area contributed by atoms with E-state index in [4.69, 9.17) is 4.74 Å². The van der Waals surface area contributed by atoms with Gasteiger partial charge in [-0.25, -0.2) is 0 Å². The summed E-state index contributed by atoms with van der Waals surface area (Å²) in [6.07, 6.45) is 5.20. The van der Waals surface area contributed by atoms with Gasteiger partial charge >= 0.3 is 6.98 Å². The highest BCUT2D eigenvalue weighted by Crippen LogP contribution is 2.48. The molecule has 0 heterocycles. The Bertz CT molecular complexity index is 443. The van der Waals surface area contributed by atoms with Crippen molar-refractivity contribution in [2.45, 2.75) is 25.7 Å². The summed E-state index contributed by atoms with van der Waals surface area (Å²) in [5.41, 5.74) is -0.563. The molecule has 1 nitrogen and oxygen atoms in total. The minimum Gasteiger partial charge on any atom is -0.493 e. The van der Waals surface area contributed by atoms with Gasteiger partial charge in [-0.2, -0.15) is 0 Å². The minimum atomic E-state index is -4.90. The highest BCUT2D eigenvalue weighted by atomic mass is 19.4. The van der Waals surface area contributed by atoms with Gasteiger partial charge in [-0.1, -0.05) is 18.6 Å². The average Bonchev–Trinajstić information content (AvgIpc) is 2.98. The molecule has 0 spiro atoms. The van der Waals surface area contributed by atoms with Crippen molar-refractivity contribution < 1.29 is 17.7 Å². The molecule has 3 rings (SSSR count). The Morgan fingerprint density at radius 1 is 1.05 bits per heavy atom. The predicted molar refractivity (Wildman–Crippen MR) is 69.6 cm³/mol. The number of hydrogen-bond acceptors (Lipinski definition) is 1. The Kier molecular flexibility index (Phi) is 3.23. The maximum Gasteiger partial charge on any atom is 0.509 e. The fourth-order valence-electron chi connectivity index (χ4n) is 3.57. The Labute approximate surface area is 111 Å². The quantitative estimate of drug-likeness (QED) is 0.759. The lowest BCUT2D eigenvalue weighted by molar-refractivity contribution is 0.195. The van der Waals surface area contributed by atoms with Gasteiger partial charge in [0.15, 0.2) is 0 Å². The van der Waals surface area contributed by atoms with Gasteiger partial charge in [0, 0.05) is 0 Å². The Morgan fingerprint density at radius 3 is 2.32 bits per heavy atom. The van der Waals surface area contributed by atoms with E-state index in [9.17, 15) is 12.9 Å². The van der Waals surface area contributed by atoms with Crippen LogP contribution < -0.4 is 10.2 Å². The monoisotopic (exact) mass is 269 g/mol. The van der Waals surface area contributed by atoms with Gasteiger partial charge < -0.3 is 17.7 Å². The van der Waals surface area contributed by atoms with Crippen LogP contribution in [-0.4, -0.2) is 13.6 Å². The van der Waals surface area contributed by atoms with Crippen LogP contribution in [0.4, 0.5) is 12.9 Å². The Morgan fingerprint density at radius 2 is 1.79 bits per heavy atom. The number of ether oxygens (including phenoxy) is 1. The molecule has 2 aliphatic rings. The van der Waals surface area contributed by atoms with Crippen molar-refractivity contribution in [1.29, 1.82) is 0 Å². The number of halogens is 3. The van der Waals surface area contributed by atoms with Crippen molar-refractivity contribution in [2.24, 2.45) is 17.8 Å². The third-order valence-electron chi connectivity index (χ3n) is 4.61. The molecule has 1 aromatic carbocycles. The van der Waals surface area contributed by atoms with Crippen molar-refractivity contribution in [2.75, 3.05) is 6.61 Å². The summed E-state index contributed by atoms with van der Waals surface area (Å²) in [6.45, 7) is -4.25. The standard InChI is InChI=1S/C14H17BF3O/c16-15(17,18)13-3-5-14(6-4-13)19-9-12-8-10-1-2-11(12)7-10/h3-6,10-12H,1-2,7-9H2/q-1. The van der Waals surface area contributed by atoms with Crippen LogP contribution in [0.25, 0.3) is 0 Å². The molecule has 3 atom stereocenters. The summed E-state index contributed by atoms with van der Waals surface area (Å²) < 4.78 is 43.1. The van der Waals surface area contributed by atoms with Gasteiger partial charge in [0.1, 0.15) is 5.75 Å². The molecule has 2 saturated carbocycles. The van der Waals surface area contributed by atoms with Crippen molar-refractivity contribution in [3.63, 3.8) is 0 Å². The topological polar surface area (TPSA) is 9.23 Å². The van der Waals surface area contributed by atoms with E-state index in [0.717, 1.165) is 24.0 Å². The Hall–Kier alpha value is -1.13. The smallest absolute Gasteiger partial charge is 0.493 e. The first-order valence-electron chi connectivity index (χ1n) is 6.95. The van der Waals surface area contributed by atoms with E-state index in [-0.39, 0.29) is 0 Å². The third-order valence-corrected chi connectivity index (χ3v) is 4.61. The van der Waals surface area contributed by atoms with Crippen molar-refractivity contribution in [1.82, 2.24) is 0 Å². The predicted octanol–water partition coefficient (Wildman–Crippen LogP) is 3.56. The lowest BCUT2D eigenvalue weighted by atomic mass is 9.80. The van der Waals surface area contributed by atoms with Gasteiger partial charge in [0.2, 0.25) is 0 Å². The van der Waals surface area contributed by atoms with Crippen LogP contribution in [0.2, 0.25) is 0 Å². The van der Waals surface area contributed by atoms with Crippen molar-refractivity contribution >= 4 is 12.4 Å². The lowest BCUT2D eigenvalue weighted by Crippen LogP contribution is -2.33. The molecule has 0 radical (unpaired) electrons. The summed E-state index contributed by atoms with van der Waals surface area (Å²) in [7, 11) is 0. The van der Waals surface area contributed by atoms with E-state index in [1.54, 1.807) is 0 Å². The lowest BCUT2D eigenvalue weighted by Gasteiger charge is -2.22. The molecule has 2 fully saturated rings. The molecule has 0 saturated heterocycles. The molecule has 0 amide bonds. The van der Waals surface area contributed by atoms with Crippen LogP contribution in [0.1, 0.15) is 25.7 Å². The SMILES string of the molecule is F[B-](F)(F)c1ccc(OCC2CC3CCC2C3)cc1. The van der Waals surface area contributed by atoms with Gasteiger partial charge in [-0.05, 0) is 49.1 Å². The van der Waals surface area contributed by atoms with E-state index in [1.165, 1.54) is 37.8 Å².